The molecule has 0 aliphatic heterocycles. The van der Waals surface area contributed by atoms with Crippen molar-refractivity contribution in [2.45, 2.75) is 13.1 Å². The minimum Gasteiger partial charge on any atom is -0.492 e. The average molecular weight is 386 g/mol. The third-order valence-corrected chi connectivity index (χ3v) is 3.61. The molecule has 0 heterocycles. The summed E-state index contributed by atoms with van der Waals surface area (Å²) in [6.45, 7) is 1.13. The molecule has 27 heavy (non-hydrogen) atoms. The molecule has 2 aromatic carbocycles. The second-order valence-corrected chi connectivity index (χ2v) is 5.49. The number of nitrogens with zero attached hydrogens (tertiary/aromatic N) is 1. The van der Waals surface area contributed by atoms with Crippen LogP contribution in [0.15, 0.2) is 36.4 Å². The maximum Gasteiger partial charge on any atom is 0.416 e. The van der Waals surface area contributed by atoms with Crippen molar-refractivity contribution in [1.82, 2.24) is 5.32 Å². The van der Waals surface area contributed by atoms with Gasteiger partial charge in [0.25, 0.3) is 11.6 Å². The molecule has 144 valence electrons. The fraction of sp³-hybridized carbons (Fsp3) is 0.235. The monoisotopic (exact) mass is 386 g/mol. The quantitative estimate of drug-likeness (QED) is 0.354. The number of halogens is 4. The van der Waals surface area contributed by atoms with Gasteiger partial charge in [-0.1, -0.05) is 0 Å². The number of hydrogen-bond donors (Lipinski definition) is 1. The summed E-state index contributed by atoms with van der Waals surface area (Å²) in [6, 6.07) is 5.86. The SMILES string of the molecule is Cc1c(F)cc(C(=O)NCCOc2ccc(C(F)(F)F)cc2)cc1[N+](=O)[O-]. The number of nitro groups is 1. The van der Waals surface area contributed by atoms with Crippen LogP contribution in [0.25, 0.3) is 0 Å². The lowest BCUT2D eigenvalue weighted by atomic mass is 10.1. The Morgan fingerprint density at radius 3 is 2.41 bits per heavy atom. The van der Waals surface area contributed by atoms with Crippen molar-refractivity contribution >= 4 is 11.6 Å². The highest BCUT2D eigenvalue weighted by molar-refractivity contribution is 5.95. The van der Waals surface area contributed by atoms with Gasteiger partial charge in [-0.25, -0.2) is 4.39 Å². The van der Waals surface area contributed by atoms with E-state index in [1.807, 2.05) is 0 Å². The van der Waals surface area contributed by atoms with Crippen molar-refractivity contribution in [3.63, 3.8) is 0 Å². The fourth-order valence-electron chi connectivity index (χ4n) is 2.16. The van der Waals surface area contributed by atoms with Gasteiger partial charge < -0.3 is 10.1 Å². The van der Waals surface area contributed by atoms with Gasteiger partial charge in [0.05, 0.1) is 22.6 Å². The van der Waals surface area contributed by atoms with Gasteiger partial charge >= 0.3 is 6.18 Å². The summed E-state index contributed by atoms with van der Waals surface area (Å²) in [5.41, 5.74) is -1.73. The molecule has 0 fully saturated rings. The summed E-state index contributed by atoms with van der Waals surface area (Å²) in [4.78, 5) is 22.0. The molecule has 0 unspecified atom stereocenters. The molecule has 2 aromatic rings. The van der Waals surface area contributed by atoms with Gasteiger partial charge in [0, 0.05) is 11.6 Å². The van der Waals surface area contributed by atoms with Gasteiger partial charge in [0.1, 0.15) is 18.2 Å². The van der Waals surface area contributed by atoms with Crippen LogP contribution < -0.4 is 10.1 Å². The number of carbonyl (C=O) groups is 1. The Morgan fingerprint density at radius 1 is 1.22 bits per heavy atom. The number of benzene rings is 2. The van der Waals surface area contributed by atoms with E-state index in [0.717, 1.165) is 36.4 Å². The van der Waals surface area contributed by atoms with Crippen LogP contribution in [0.1, 0.15) is 21.5 Å². The van der Waals surface area contributed by atoms with Crippen molar-refractivity contribution in [2.24, 2.45) is 0 Å². The molecule has 0 saturated heterocycles. The van der Waals surface area contributed by atoms with Crippen LogP contribution in [0.2, 0.25) is 0 Å². The van der Waals surface area contributed by atoms with Crippen LogP contribution in [0, 0.1) is 22.9 Å². The third-order valence-electron chi connectivity index (χ3n) is 3.61. The first kappa shape index (κ1) is 20.1. The molecule has 0 bridgehead atoms. The largest absolute Gasteiger partial charge is 0.492 e. The second-order valence-electron chi connectivity index (χ2n) is 5.49. The van der Waals surface area contributed by atoms with Crippen LogP contribution in [0.3, 0.4) is 0 Å². The fourth-order valence-corrected chi connectivity index (χ4v) is 2.16. The molecule has 0 saturated carbocycles. The maximum atomic E-state index is 13.7. The van der Waals surface area contributed by atoms with Gasteiger partial charge in [0.15, 0.2) is 0 Å². The van der Waals surface area contributed by atoms with Crippen molar-refractivity contribution in [3.05, 3.63) is 69.0 Å². The standard InChI is InChI=1S/C17H14F4N2O4/c1-10-14(18)8-11(9-15(10)23(25)26)16(24)22-6-7-27-13-4-2-12(3-5-13)17(19,20)21/h2-5,8-9H,6-7H2,1H3,(H,22,24). The zero-order chi connectivity index (χ0) is 20.2. The van der Waals surface area contributed by atoms with Crippen LogP contribution >= 0.6 is 0 Å². The van der Waals surface area contributed by atoms with Crippen molar-refractivity contribution < 1.29 is 32.0 Å². The third kappa shape index (κ3) is 5.16. The number of ether oxygens (including phenoxy) is 1. The lowest BCUT2D eigenvalue weighted by molar-refractivity contribution is -0.385. The van der Waals surface area contributed by atoms with Crippen LogP contribution in [-0.4, -0.2) is 24.0 Å². The molecule has 1 N–H and O–H groups in total. The average Bonchev–Trinajstić information content (AvgIpc) is 2.60. The highest BCUT2D eigenvalue weighted by atomic mass is 19.4. The molecule has 10 heteroatoms. The topological polar surface area (TPSA) is 81.5 Å². The second kappa shape index (κ2) is 8.02. The van der Waals surface area contributed by atoms with Gasteiger partial charge in [-0.3, -0.25) is 14.9 Å². The Hall–Kier alpha value is -3.17. The van der Waals surface area contributed by atoms with Crippen molar-refractivity contribution in [1.29, 1.82) is 0 Å². The number of rotatable bonds is 6. The number of hydrogen-bond acceptors (Lipinski definition) is 4. The molecular weight excluding hydrogens is 372 g/mol. The molecule has 0 aliphatic carbocycles. The van der Waals surface area contributed by atoms with E-state index in [1.165, 1.54) is 6.92 Å². The predicted molar refractivity (Wildman–Crippen MR) is 87.1 cm³/mol. The zero-order valence-electron chi connectivity index (χ0n) is 14.0. The van der Waals surface area contributed by atoms with Gasteiger partial charge in [-0.15, -0.1) is 0 Å². The molecule has 6 nitrogen and oxygen atoms in total. The number of amides is 1. The zero-order valence-corrected chi connectivity index (χ0v) is 14.0. The van der Waals surface area contributed by atoms with E-state index in [9.17, 15) is 32.5 Å². The minimum absolute atomic E-state index is 0.0385. The van der Waals surface area contributed by atoms with E-state index in [0.29, 0.717) is 0 Å². The maximum absolute atomic E-state index is 13.7. The highest BCUT2D eigenvalue weighted by Gasteiger charge is 2.30. The van der Waals surface area contributed by atoms with Gasteiger partial charge in [-0.05, 0) is 37.3 Å². The predicted octanol–water partition coefficient (Wildman–Crippen LogP) is 3.87. The van der Waals surface area contributed by atoms with Crippen molar-refractivity contribution in [3.8, 4) is 5.75 Å². The molecule has 1 amide bonds. The van der Waals surface area contributed by atoms with Gasteiger partial charge in [0.2, 0.25) is 0 Å². The molecule has 2 rings (SSSR count). The van der Waals surface area contributed by atoms with Gasteiger partial charge in [-0.2, -0.15) is 13.2 Å². The molecule has 0 atom stereocenters. The van der Waals surface area contributed by atoms with Crippen LogP contribution in [0.5, 0.6) is 5.75 Å². The molecule has 0 aliphatic rings. The highest BCUT2D eigenvalue weighted by Crippen LogP contribution is 2.30. The smallest absolute Gasteiger partial charge is 0.416 e. The van der Waals surface area contributed by atoms with E-state index in [-0.39, 0.29) is 30.0 Å². The van der Waals surface area contributed by atoms with Crippen LogP contribution in [0.4, 0.5) is 23.2 Å². The minimum atomic E-state index is -4.45. The van der Waals surface area contributed by atoms with E-state index in [4.69, 9.17) is 4.74 Å². The number of alkyl halides is 3. The van der Waals surface area contributed by atoms with E-state index in [2.05, 4.69) is 5.32 Å². The molecule has 0 spiro atoms. The first-order chi connectivity index (χ1) is 12.6. The number of carbonyl (C=O) groups excluding carboxylic acids is 1. The first-order valence-electron chi connectivity index (χ1n) is 7.62. The Balaban J connectivity index is 1.90. The van der Waals surface area contributed by atoms with Crippen LogP contribution in [-0.2, 0) is 6.18 Å². The summed E-state index contributed by atoms with van der Waals surface area (Å²) < 4.78 is 56.2. The summed E-state index contributed by atoms with van der Waals surface area (Å²) >= 11 is 0. The molecule has 0 radical (unpaired) electrons. The van der Waals surface area contributed by atoms with E-state index < -0.39 is 34.1 Å². The Bertz CT molecular complexity index is 851. The summed E-state index contributed by atoms with van der Waals surface area (Å²) in [7, 11) is 0. The summed E-state index contributed by atoms with van der Waals surface area (Å²) in [5.74, 6) is -1.45. The Morgan fingerprint density at radius 2 is 1.85 bits per heavy atom. The summed E-state index contributed by atoms with van der Waals surface area (Å²) in [6.07, 6.45) is -4.45. The normalized spacial score (nSPS) is 11.1. The molecular formula is C17H14F4N2O4. The summed E-state index contributed by atoms with van der Waals surface area (Å²) in [5, 5.41) is 13.3. The number of nitrogens with one attached hydrogen (secondary N) is 1. The van der Waals surface area contributed by atoms with E-state index >= 15 is 0 Å². The Kier molecular flexibility index (Phi) is 5.98. The lowest BCUT2D eigenvalue weighted by Crippen LogP contribution is -2.28. The van der Waals surface area contributed by atoms with Crippen molar-refractivity contribution in [2.75, 3.05) is 13.2 Å². The Labute approximate surface area is 150 Å². The van der Waals surface area contributed by atoms with E-state index in [1.54, 1.807) is 0 Å². The lowest BCUT2D eigenvalue weighted by Gasteiger charge is -2.10. The molecule has 0 aromatic heterocycles. The number of nitro benzene ring substituents is 1. The first-order valence-corrected chi connectivity index (χ1v) is 7.62.